The number of hydrogen-bond acceptors (Lipinski definition) is 3. The number of carboxylic acid groups (broad SMARTS) is 1. The SMILES string of the molecule is COc1cc(OC)c2c(c1)C(C(=O)O)C=C2. The third-order valence-corrected chi connectivity index (χ3v) is 2.66. The second kappa shape index (κ2) is 3.89. The monoisotopic (exact) mass is 220 g/mol. The predicted molar refractivity (Wildman–Crippen MR) is 59.0 cm³/mol. The van der Waals surface area contributed by atoms with Crippen molar-refractivity contribution < 1.29 is 19.4 Å². The molecule has 0 saturated carbocycles. The molecule has 2 rings (SSSR count). The van der Waals surface area contributed by atoms with Crippen molar-refractivity contribution in [1.82, 2.24) is 0 Å². The van der Waals surface area contributed by atoms with Crippen LogP contribution in [0.4, 0.5) is 0 Å². The molecule has 0 spiro atoms. The van der Waals surface area contributed by atoms with E-state index in [1.165, 1.54) is 0 Å². The van der Waals surface area contributed by atoms with Crippen LogP contribution >= 0.6 is 0 Å². The van der Waals surface area contributed by atoms with Crippen LogP contribution in [0.2, 0.25) is 0 Å². The maximum Gasteiger partial charge on any atom is 0.314 e. The highest BCUT2D eigenvalue weighted by Gasteiger charge is 2.26. The number of ether oxygens (including phenoxy) is 2. The van der Waals surface area contributed by atoms with E-state index in [1.54, 1.807) is 38.5 Å². The number of fused-ring (bicyclic) bond motifs is 1. The number of carbonyl (C=O) groups is 1. The molecule has 1 aliphatic rings. The van der Waals surface area contributed by atoms with Crippen molar-refractivity contribution in [3.8, 4) is 11.5 Å². The van der Waals surface area contributed by atoms with Gasteiger partial charge in [-0.05, 0) is 11.6 Å². The number of carboxylic acids is 1. The van der Waals surface area contributed by atoms with Gasteiger partial charge in [-0.3, -0.25) is 4.79 Å². The van der Waals surface area contributed by atoms with Gasteiger partial charge in [-0.1, -0.05) is 12.2 Å². The Kier molecular flexibility index (Phi) is 2.56. The highest BCUT2D eigenvalue weighted by Crippen LogP contribution is 2.39. The predicted octanol–water partition coefficient (Wildman–Crippen LogP) is 1.90. The van der Waals surface area contributed by atoms with Gasteiger partial charge in [-0.15, -0.1) is 0 Å². The lowest BCUT2D eigenvalue weighted by Crippen LogP contribution is -2.07. The first kappa shape index (κ1) is 10.5. The molecule has 16 heavy (non-hydrogen) atoms. The molecule has 0 aliphatic heterocycles. The van der Waals surface area contributed by atoms with Crippen LogP contribution in [-0.2, 0) is 4.79 Å². The van der Waals surface area contributed by atoms with Crippen LogP contribution in [-0.4, -0.2) is 25.3 Å². The van der Waals surface area contributed by atoms with Gasteiger partial charge in [0.05, 0.1) is 14.2 Å². The number of hydrogen-bond donors (Lipinski definition) is 1. The van der Waals surface area contributed by atoms with Gasteiger partial charge < -0.3 is 14.6 Å². The zero-order valence-electron chi connectivity index (χ0n) is 9.06. The second-order valence-corrected chi connectivity index (χ2v) is 3.51. The summed E-state index contributed by atoms with van der Waals surface area (Å²) in [5.74, 6) is -0.246. The summed E-state index contributed by atoms with van der Waals surface area (Å²) in [5, 5.41) is 9.05. The highest BCUT2D eigenvalue weighted by atomic mass is 16.5. The molecule has 84 valence electrons. The minimum Gasteiger partial charge on any atom is -0.497 e. The van der Waals surface area contributed by atoms with Crippen LogP contribution in [0.25, 0.3) is 6.08 Å². The third-order valence-electron chi connectivity index (χ3n) is 2.66. The Morgan fingerprint density at radius 3 is 2.62 bits per heavy atom. The fraction of sp³-hybridized carbons (Fsp3) is 0.250. The molecule has 0 radical (unpaired) electrons. The smallest absolute Gasteiger partial charge is 0.314 e. The van der Waals surface area contributed by atoms with E-state index in [9.17, 15) is 4.79 Å². The first-order chi connectivity index (χ1) is 7.67. The van der Waals surface area contributed by atoms with Crippen LogP contribution in [0.1, 0.15) is 17.0 Å². The quantitative estimate of drug-likeness (QED) is 0.845. The molecule has 1 N–H and O–H groups in total. The molecular formula is C12H12O4. The first-order valence-electron chi connectivity index (χ1n) is 4.84. The van der Waals surface area contributed by atoms with Crippen LogP contribution in [0.15, 0.2) is 18.2 Å². The second-order valence-electron chi connectivity index (χ2n) is 3.51. The standard InChI is InChI=1S/C12H12O4/c1-15-7-5-10-8(11(6-7)16-2)3-4-9(10)12(13)14/h3-6,9H,1-2H3,(H,13,14). The van der Waals surface area contributed by atoms with Gasteiger partial charge in [-0.25, -0.2) is 0 Å². The number of aliphatic carboxylic acids is 1. The summed E-state index contributed by atoms with van der Waals surface area (Å²) >= 11 is 0. The van der Waals surface area contributed by atoms with Crippen LogP contribution in [0, 0.1) is 0 Å². The fourth-order valence-corrected chi connectivity index (χ4v) is 1.86. The molecule has 1 aliphatic carbocycles. The molecule has 0 fully saturated rings. The molecular weight excluding hydrogens is 208 g/mol. The Morgan fingerprint density at radius 1 is 1.31 bits per heavy atom. The average Bonchev–Trinajstić information content (AvgIpc) is 2.71. The van der Waals surface area contributed by atoms with Gasteiger partial charge in [0.2, 0.25) is 0 Å². The van der Waals surface area contributed by atoms with Crippen LogP contribution < -0.4 is 9.47 Å². The van der Waals surface area contributed by atoms with E-state index in [-0.39, 0.29) is 0 Å². The third kappa shape index (κ3) is 1.52. The Morgan fingerprint density at radius 2 is 2.06 bits per heavy atom. The summed E-state index contributed by atoms with van der Waals surface area (Å²) in [6.07, 6.45) is 3.42. The van der Waals surface area contributed by atoms with Crippen molar-refractivity contribution in [1.29, 1.82) is 0 Å². The Labute approximate surface area is 93.1 Å². The lowest BCUT2D eigenvalue weighted by Gasteiger charge is -2.12. The van der Waals surface area contributed by atoms with Gasteiger partial charge in [0, 0.05) is 11.6 Å². The molecule has 4 nitrogen and oxygen atoms in total. The van der Waals surface area contributed by atoms with E-state index in [0.29, 0.717) is 17.1 Å². The molecule has 4 heteroatoms. The maximum atomic E-state index is 11.0. The summed E-state index contributed by atoms with van der Waals surface area (Å²) < 4.78 is 10.3. The van der Waals surface area contributed by atoms with Crippen LogP contribution in [0.3, 0.4) is 0 Å². The summed E-state index contributed by atoms with van der Waals surface area (Å²) in [5.41, 5.74) is 1.53. The van der Waals surface area contributed by atoms with Gasteiger partial charge in [0.1, 0.15) is 17.4 Å². The Hall–Kier alpha value is -1.97. The highest BCUT2D eigenvalue weighted by molar-refractivity contribution is 5.86. The molecule has 0 amide bonds. The van der Waals surface area contributed by atoms with E-state index in [1.807, 2.05) is 0 Å². The molecule has 0 aromatic heterocycles. The van der Waals surface area contributed by atoms with Crippen molar-refractivity contribution in [3.63, 3.8) is 0 Å². The van der Waals surface area contributed by atoms with E-state index < -0.39 is 11.9 Å². The molecule has 1 aromatic carbocycles. The number of rotatable bonds is 3. The zero-order chi connectivity index (χ0) is 11.7. The van der Waals surface area contributed by atoms with E-state index in [0.717, 1.165) is 5.56 Å². The van der Waals surface area contributed by atoms with Crippen molar-refractivity contribution in [2.75, 3.05) is 14.2 Å². The summed E-state index contributed by atoms with van der Waals surface area (Å²) in [4.78, 5) is 11.0. The van der Waals surface area contributed by atoms with Crippen molar-refractivity contribution in [3.05, 3.63) is 29.3 Å². The summed E-state index contributed by atoms with van der Waals surface area (Å²) in [6, 6.07) is 3.48. The zero-order valence-corrected chi connectivity index (χ0v) is 9.06. The number of methoxy groups -OCH3 is 2. The van der Waals surface area contributed by atoms with Crippen molar-refractivity contribution in [2.24, 2.45) is 0 Å². The van der Waals surface area contributed by atoms with Gasteiger partial charge >= 0.3 is 5.97 Å². The molecule has 1 unspecified atom stereocenters. The first-order valence-corrected chi connectivity index (χ1v) is 4.84. The topological polar surface area (TPSA) is 55.8 Å². The average molecular weight is 220 g/mol. The molecule has 0 heterocycles. The van der Waals surface area contributed by atoms with E-state index >= 15 is 0 Å². The Balaban J connectivity index is 2.56. The molecule has 1 aromatic rings. The van der Waals surface area contributed by atoms with Crippen molar-refractivity contribution in [2.45, 2.75) is 5.92 Å². The van der Waals surface area contributed by atoms with Gasteiger partial charge in [0.25, 0.3) is 0 Å². The number of benzene rings is 1. The fourth-order valence-electron chi connectivity index (χ4n) is 1.86. The summed E-state index contributed by atoms with van der Waals surface area (Å²) in [7, 11) is 3.09. The Bertz CT molecular complexity index is 462. The summed E-state index contributed by atoms with van der Waals surface area (Å²) in [6.45, 7) is 0. The lowest BCUT2D eigenvalue weighted by atomic mass is 10.00. The minimum absolute atomic E-state index is 0.602. The molecule has 1 atom stereocenters. The van der Waals surface area contributed by atoms with E-state index in [4.69, 9.17) is 14.6 Å². The largest absolute Gasteiger partial charge is 0.497 e. The van der Waals surface area contributed by atoms with Gasteiger partial charge in [0.15, 0.2) is 0 Å². The van der Waals surface area contributed by atoms with Gasteiger partial charge in [-0.2, -0.15) is 0 Å². The van der Waals surface area contributed by atoms with E-state index in [2.05, 4.69) is 0 Å². The lowest BCUT2D eigenvalue weighted by molar-refractivity contribution is -0.137. The normalized spacial score (nSPS) is 17.0. The molecule has 0 bridgehead atoms. The molecule has 0 saturated heterocycles. The van der Waals surface area contributed by atoms with Crippen molar-refractivity contribution >= 4 is 12.0 Å². The maximum absolute atomic E-state index is 11.0. The van der Waals surface area contributed by atoms with Crippen LogP contribution in [0.5, 0.6) is 11.5 Å². The minimum atomic E-state index is -0.870.